The fourth-order valence-corrected chi connectivity index (χ4v) is 3.83. The van der Waals surface area contributed by atoms with Gasteiger partial charge in [0.25, 0.3) is 5.91 Å². The van der Waals surface area contributed by atoms with Crippen molar-refractivity contribution < 1.29 is 9.53 Å². The number of nitrogens with one attached hydrogen (secondary N) is 1. The maximum atomic E-state index is 12.5. The van der Waals surface area contributed by atoms with Crippen LogP contribution in [0.3, 0.4) is 0 Å². The number of benzene rings is 1. The van der Waals surface area contributed by atoms with Crippen LogP contribution in [-0.4, -0.2) is 32.3 Å². The van der Waals surface area contributed by atoms with Crippen LogP contribution in [0.25, 0.3) is 22.4 Å². The summed E-state index contributed by atoms with van der Waals surface area (Å²) in [6.07, 6.45) is 1.83. The van der Waals surface area contributed by atoms with Crippen LogP contribution < -0.4 is 10.1 Å². The van der Waals surface area contributed by atoms with Gasteiger partial charge in [0.2, 0.25) is 5.88 Å². The number of aromatic nitrogens is 4. The van der Waals surface area contributed by atoms with Crippen molar-refractivity contribution >= 4 is 16.9 Å². The molecule has 0 radical (unpaired) electrons. The lowest BCUT2D eigenvalue weighted by molar-refractivity contribution is -0.123. The molecule has 32 heavy (non-hydrogen) atoms. The summed E-state index contributed by atoms with van der Waals surface area (Å²) in [4.78, 5) is 21.6. The molecule has 0 bridgehead atoms. The second-order valence-electron chi connectivity index (χ2n) is 8.10. The van der Waals surface area contributed by atoms with Gasteiger partial charge in [-0.25, -0.2) is 4.68 Å². The molecule has 1 aromatic carbocycles. The monoisotopic (exact) mass is 429 g/mol. The Labute approximate surface area is 187 Å². The third-order valence-electron chi connectivity index (χ3n) is 5.50. The molecule has 3 heterocycles. The summed E-state index contributed by atoms with van der Waals surface area (Å²) in [6, 6.07) is 13.7. The number of rotatable bonds is 6. The summed E-state index contributed by atoms with van der Waals surface area (Å²) >= 11 is 0. The Morgan fingerprint density at radius 3 is 2.62 bits per heavy atom. The van der Waals surface area contributed by atoms with E-state index in [9.17, 15) is 4.79 Å². The van der Waals surface area contributed by atoms with Gasteiger partial charge in [0.05, 0.1) is 17.1 Å². The quantitative estimate of drug-likeness (QED) is 0.496. The number of aryl methyl sites for hydroxylation is 4. The van der Waals surface area contributed by atoms with Gasteiger partial charge in [-0.3, -0.25) is 9.78 Å². The zero-order chi connectivity index (χ0) is 22.8. The molecule has 0 aliphatic heterocycles. The third kappa shape index (κ3) is 4.32. The molecule has 164 valence electrons. The zero-order valence-corrected chi connectivity index (χ0v) is 19.0. The Morgan fingerprint density at radius 2 is 1.91 bits per heavy atom. The lowest BCUT2D eigenvalue weighted by atomic mass is 10.0. The van der Waals surface area contributed by atoms with Crippen LogP contribution in [0.4, 0.5) is 0 Å². The van der Waals surface area contributed by atoms with Gasteiger partial charge in [0.1, 0.15) is 5.69 Å². The van der Waals surface area contributed by atoms with E-state index in [1.807, 2.05) is 83.4 Å². The van der Waals surface area contributed by atoms with Crippen LogP contribution in [0, 0.1) is 20.8 Å². The summed E-state index contributed by atoms with van der Waals surface area (Å²) in [7, 11) is 1.84. The van der Waals surface area contributed by atoms with Gasteiger partial charge in [-0.15, -0.1) is 0 Å². The standard InChI is InChI=1S/C25H27N5O2/c1-15-10-11-20(26-13-15)24-23-17(3)12-22(28-25(23)30(5)29-24)32-14-21(31)27-18(4)19-9-7-6-8-16(19)2/h6-13,18H,14H2,1-5H3,(H,27,31). The lowest BCUT2D eigenvalue weighted by Crippen LogP contribution is -2.31. The molecule has 7 heteroatoms. The normalized spacial score (nSPS) is 12.0. The van der Waals surface area contributed by atoms with E-state index in [2.05, 4.69) is 20.4 Å². The molecule has 1 N–H and O–H groups in total. The second kappa shape index (κ2) is 8.78. The Kier molecular flexibility index (Phi) is 5.90. The molecular weight excluding hydrogens is 402 g/mol. The fraction of sp³-hybridized carbons (Fsp3) is 0.280. The molecule has 7 nitrogen and oxygen atoms in total. The molecule has 0 aliphatic rings. The van der Waals surface area contributed by atoms with Crippen LogP contribution in [0.15, 0.2) is 48.7 Å². The molecule has 4 rings (SSSR count). The van der Waals surface area contributed by atoms with E-state index in [-0.39, 0.29) is 18.6 Å². The van der Waals surface area contributed by atoms with Crippen molar-refractivity contribution in [3.63, 3.8) is 0 Å². The first-order chi connectivity index (χ1) is 15.3. The van der Waals surface area contributed by atoms with Gasteiger partial charge in [0, 0.05) is 19.3 Å². The Hall–Kier alpha value is -3.74. The van der Waals surface area contributed by atoms with Gasteiger partial charge < -0.3 is 10.1 Å². The zero-order valence-electron chi connectivity index (χ0n) is 19.0. The molecule has 1 unspecified atom stereocenters. The Morgan fingerprint density at radius 1 is 1.12 bits per heavy atom. The first kappa shape index (κ1) is 21.5. The maximum Gasteiger partial charge on any atom is 0.258 e. The molecule has 4 aromatic rings. The highest BCUT2D eigenvalue weighted by Gasteiger charge is 2.18. The molecule has 0 saturated carbocycles. The van der Waals surface area contributed by atoms with Gasteiger partial charge in [-0.2, -0.15) is 10.1 Å². The molecule has 0 saturated heterocycles. The highest BCUT2D eigenvalue weighted by atomic mass is 16.5. The van der Waals surface area contributed by atoms with Crippen molar-refractivity contribution in [2.45, 2.75) is 33.7 Å². The summed E-state index contributed by atoms with van der Waals surface area (Å²) in [6.45, 7) is 7.87. The first-order valence-corrected chi connectivity index (χ1v) is 10.6. The van der Waals surface area contributed by atoms with Crippen molar-refractivity contribution in [2.24, 2.45) is 7.05 Å². The predicted molar refractivity (Wildman–Crippen MR) is 124 cm³/mol. The van der Waals surface area contributed by atoms with Gasteiger partial charge in [0.15, 0.2) is 12.3 Å². The number of nitrogens with zero attached hydrogens (tertiary/aromatic N) is 4. The number of pyridine rings is 2. The topological polar surface area (TPSA) is 81.9 Å². The molecule has 0 spiro atoms. The average molecular weight is 430 g/mol. The molecule has 0 aliphatic carbocycles. The van der Waals surface area contributed by atoms with E-state index in [4.69, 9.17) is 4.74 Å². The van der Waals surface area contributed by atoms with Crippen LogP contribution in [0.2, 0.25) is 0 Å². The number of fused-ring (bicyclic) bond motifs is 1. The van der Waals surface area contributed by atoms with Crippen molar-refractivity contribution in [2.75, 3.05) is 6.61 Å². The number of carbonyl (C=O) groups is 1. The number of hydrogen-bond acceptors (Lipinski definition) is 5. The van der Waals surface area contributed by atoms with Crippen molar-refractivity contribution in [3.8, 4) is 17.3 Å². The lowest BCUT2D eigenvalue weighted by Gasteiger charge is -2.16. The van der Waals surface area contributed by atoms with Crippen LogP contribution in [0.5, 0.6) is 5.88 Å². The maximum absolute atomic E-state index is 12.5. The minimum absolute atomic E-state index is 0.105. The van der Waals surface area contributed by atoms with Crippen LogP contribution >= 0.6 is 0 Å². The highest BCUT2D eigenvalue weighted by molar-refractivity contribution is 5.93. The molecule has 1 amide bonds. The highest BCUT2D eigenvalue weighted by Crippen LogP contribution is 2.30. The molecular formula is C25H27N5O2. The number of amides is 1. The molecule has 3 aromatic heterocycles. The summed E-state index contributed by atoms with van der Waals surface area (Å²) in [5.74, 6) is 0.190. The average Bonchev–Trinajstić information content (AvgIpc) is 3.10. The SMILES string of the molecule is Cc1ccc(-c2nn(C)c3nc(OCC(=O)NC(C)c4ccccc4C)cc(C)c23)nc1. The van der Waals surface area contributed by atoms with Gasteiger partial charge in [-0.05, 0) is 56.0 Å². The van der Waals surface area contributed by atoms with E-state index in [1.165, 1.54) is 0 Å². The fourth-order valence-electron chi connectivity index (χ4n) is 3.83. The largest absolute Gasteiger partial charge is 0.468 e. The number of ether oxygens (including phenoxy) is 1. The van der Waals surface area contributed by atoms with Crippen LogP contribution in [0.1, 0.15) is 35.2 Å². The van der Waals surface area contributed by atoms with Gasteiger partial charge in [-0.1, -0.05) is 30.3 Å². The Balaban J connectivity index is 1.51. The molecule has 0 fully saturated rings. The van der Waals surface area contributed by atoms with E-state index >= 15 is 0 Å². The summed E-state index contributed by atoms with van der Waals surface area (Å²) in [5.41, 5.74) is 6.54. The van der Waals surface area contributed by atoms with Crippen molar-refractivity contribution in [3.05, 3.63) is 70.9 Å². The van der Waals surface area contributed by atoms with E-state index in [1.54, 1.807) is 4.68 Å². The summed E-state index contributed by atoms with van der Waals surface area (Å²) < 4.78 is 7.44. The summed E-state index contributed by atoms with van der Waals surface area (Å²) in [5, 5.41) is 8.53. The minimum atomic E-state index is -0.199. The smallest absolute Gasteiger partial charge is 0.258 e. The van der Waals surface area contributed by atoms with Crippen LogP contribution in [-0.2, 0) is 11.8 Å². The van der Waals surface area contributed by atoms with Crippen molar-refractivity contribution in [1.82, 2.24) is 25.1 Å². The number of hydrogen-bond donors (Lipinski definition) is 1. The number of carbonyl (C=O) groups excluding carboxylic acids is 1. The van der Waals surface area contributed by atoms with E-state index in [0.717, 1.165) is 39.0 Å². The van der Waals surface area contributed by atoms with Gasteiger partial charge >= 0.3 is 0 Å². The second-order valence-corrected chi connectivity index (χ2v) is 8.10. The molecule has 1 atom stereocenters. The minimum Gasteiger partial charge on any atom is -0.468 e. The van der Waals surface area contributed by atoms with E-state index in [0.29, 0.717) is 11.5 Å². The third-order valence-corrected chi connectivity index (χ3v) is 5.50. The van der Waals surface area contributed by atoms with Crippen molar-refractivity contribution in [1.29, 1.82) is 0 Å². The first-order valence-electron chi connectivity index (χ1n) is 10.6. The predicted octanol–water partition coefficient (Wildman–Crippen LogP) is 4.21. The van der Waals surface area contributed by atoms with E-state index < -0.39 is 0 Å². The Bertz CT molecular complexity index is 1280.